The molecule has 5 nitrogen and oxygen atoms in total. The lowest BCUT2D eigenvalue weighted by Gasteiger charge is -2.10. The van der Waals surface area contributed by atoms with Crippen molar-refractivity contribution < 1.29 is 9.90 Å². The molecule has 2 aromatic carbocycles. The number of carboxylic acid groups (broad SMARTS) is 1. The van der Waals surface area contributed by atoms with Crippen LogP contribution in [-0.2, 0) is 24.3 Å². The molecule has 0 aliphatic heterocycles. The van der Waals surface area contributed by atoms with Crippen molar-refractivity contribution in [3.63, 3.8) is 0 Å². The third-order valence-corrected chi connectivity index (χ3v) is 4.32. The van der Waals surface area contributed by atoms with E-state index in [2.05, 4.69) is 46.8 Å². The van der Waals surface area contributed by atoms with Crippen LogP contribution < -0.4 is 5.32 Å². The fourth-order valence-electron chi connectivity index (χ4n) is 2.85. The quantitative estimate of drug-likeness (QED) is 0.654. The minimum absolute atomic E-state index is 0.369. The zero-order chi connectivity index (χ0) is 18.4. The zero-order valence-corrected chi connectivity index (χ0v) is 14.8. The first-order valence-corrected chi connectivity index (χ1v) is 8.72. The van der Waals surface area contributed by atoms with E-state index in [0.29, 0.717) is 6.42 Å². The van der Waals surface area contributed by atoms with Gasteiger partial charge in [0.05, 0.1) is 11.6 Å². The highest BCUT2D eigenvalue weighted by molar-refractivity contribution is 5.69. The lowest BCUT2D eigenvalue weighted by Crippen LogP contribution is -2.14. The second-order valence-corrected chi connectivity index (χ2v) is 6.48. The summed E-state index contributed by atoms with van der Waals surface area (Å²) in [6.07, 6.45) is 4.24. The molecule has 1 aromatic heterocycles. The van der Waals surface area contributed by atoms with E-state index in [9.17, 15) is 4.79 Å². The van der Waals surface area contributed by atoms with Crippen molar-refractivity contribution in [2.75, 3.05) is 0 Å². The molecule has 0 saturated carbocycles. The Morgan fingerprint density at radius 3 is 2.50 bits per heavy atom. The second-order valence-electron chi connectivity index (χ2n) is 6.48. The van der Waals surface area contributed by atoms with Crippen LogP contribution in [0.15, 0.2) is 67.0 Å². The van der Waals surface area contributed by atoms with E-state index in [1.807, 2.05) is 29.1 Å². The average molecular weight is 349 g/mol. The second kappa shape index (κ2) is 8.45. The van der Waals surface area contributed by atoms with Gasteiger partial charge < -0.3 is 10.4 Å². The van der Waals surface area contributed by atoms with Gasteiger partial charge in [0, 0.05) is 25.5 Å². The maximum Gasteiger partial charge on any atom is 0.306 e. The van der Waals surface area contributed by atoms with Gasteiger partial charge in [-0.25, -0.2) is 4.68 Å². The first-order valence-electron chi connectivity index (χ1n) is 8.72. The molecule has 0 amide bonds. The van der Waals surface area contributed by atoms with E-state index < -0.39 is 5.97 Å². The van der Waals surface area contributed by atoms with E-state index >= 15 is 0 Å². The van der Waals surface area contributed by atoms with E-state index in [1.165, 1.54) is 5.56 Å². The molecular weight excluding hydrogens is 326 g/mol. The van der Waals surface area contributed by atoms with E-state index in [4.69, 9.17) is 5.11 Å². The Balaban J connectivity index is 1.52. The first kappa shape index (κ1) is 17.9. The van der Waals surface area contributed by atoms with Crippen LogP contribution in [0.5, 0.6) is 0 Å². The number of hydrogen-bond donors (Lipinski definition) is 2. The van der Waals surface area contributed by atoms with Crippen molar-refractivity contribution in [2.24, 2.45) is 5.92 Å². The number of rotatable bonds is 8. The van der Waals surface area contributed by atoms with E-state index in [-0.39, 0.29) is 5.92 Å². The van der Waals surface area contributed by atoms with Gasteiger partial charge in [0.25, 0.3) is 0 Å². The molecule has 0 aliphatic rings. The lowest BCUT2D eigenvalue weighted by molar-refractivity contribution is -0.141. The molecule has 134 valence electrons. The molecule has 0 spiro atoms. The molecule has 1 atom stereocenters. The maximum atomic E-state index is 11.0. The maximum absolute atomic E-state index is 11.0. The third-order valence-electron chi connectivity index (χ3n) is 4.32. The minimum atomic E-state index is -0.757. The number of hydrogen-bond acceptors (Lipinski definition) is 3. The summed E-state index contributed by atoms with van der Waals surface area (Å²) in [4.78, 5) is 11.0. The van der Waals surface area contributed by atoms with Crippen LogP contribution in [0.25, 0.3) is 5.69 Å². The van der Waals surface area contributed by atoms with Gasteiger partial charge in [-0.3, -0.25) is 4.79 Å². The molecule has 0 radical (unpaired) electrons. The summed E-state index contributed by atoms with van der Waals surface area (Å²) in [6.45, 7) is 3.26. The number of carboxylic acids is 1. The van der Waals surface area contributed by atoms with Gasteiger partial charge in [0.15, 0.2) is 0 Å². The lowest BCUT2D eigenvalue weighted by atomic mass is 10.00. The van der Waals surface area contributed by atoms with Gasteiger partial charge in [0.2, 0.25) is 0 Å². The standard InChI is InChI=1S/C21H23N3O2/c1-16(21(25)26)12-18-4-2-5-19(13-18)15-22-14-17-6-8-20(9-7-17)24-11-3-10-23-24/h2-11,13,16,22H,12,14-15H2,1H3,(H,25,26). The average Bonchev–Trinajstić information content (AvgIpc) is 3.17. The molecule has 0 saturated heterocycles. The molecule has 1 heterocycles. The summed E-state index contributed by atoms with van der Waals surface area (Å²) in [7, 11) is 0. The van der Waals surface area contributed by atoms with Gasteiger partial charge in [0.1, 0.15) is 0 Å². The van der Waals surface area contributed by atoms with Crippen LogP contribution in [0.4, 0.5) is 0 Å². The van der Waals surface area contributed by atoms with Crippen molar-refractivity contribution in [1.82, 2.24) is 15.1 Å². The highest BCUT2D eigenvalue weighted by atomic mass is 16.4. The van der Waals surface area contributed by atoms with Gasteiger partial charge >= 0.3 is 5.97 Å². The highest BCUT2D eigenvalue weighted by Crippen LogP contribution is 2.12. The molecule has 26 heavy (non-hydrogen) atoms. The number of carbonyl (C=O) groups is 1. The Kier molecular flexibility index (Phi) is 5.81. The summed E-state index contributed by atoms with van der Waals surface area (Å²) in [5.41, 5.74) is 4.46. The summed E-state index contributed by atoms with van der Waals surface area (Å²) >= 11 is 0. The number of nitrogens with zero attached hydrogens (tertiary/aromatic N) is 2. The van der Waals surface area contributed by atoms with Crippen LogP contribution in [0, 0.1) is 5.92 Å². The van der Waals surface area contributed by atoms with Crippen molar-refractivity contribution in [3.05, 3.63) is 83.7 Å². The molecule has 0 aliphatic carbocycles. The number of benzene rings is 2. The van der Waals surface area contributed by atoms with Crippen molar-refractivity contribution in [2.45, 2.75) is 26.4 Å². The predicted molar refractivity (Wildman–Crippen MR) is 101 cm³/mol. The Bertz CT molecular complexity index is 842. The van der Waals surface area contributed by atoms with E-state index in [1.54, 1.807) is 13.1 Å². The predicted octanol–water partition coefficient (Wildman–Crippen LogP) is 3.43. The van der Waals surface area contributed by atoms with Gasteiger partial charge in [-0.05, 0) is 41.3 Å². The smallest absolute Gasteiger partial charge is 0.306 e. The van der Waals surface area contributed by atoms with Crippen LogP contribution in [0.1, 0.15) is 23.6 Å². The summed E-state index contributed by atoms with van der Waals surface area (Å²) in [5, 5.41) is 16.7. The third kappa shape index (κ3) is 4.80. The monoisotopic (exact) mass is 349 g/mol. The normalized spacial score (nSPS) is 12.0. The van der Waals surface area contributed by atoms with Crippen LogP contribution >= 0.6 is 0 Å². The van der Waals surface area contributed by atoms with Gasteiger partial charge in [-0.1, -0.05) is 43.3 Å². The molecule has 1 unspecified atom stereocenters. The Hall–Kier alpha value is -2.92. The van der Waals surface area contributed by atoms with Crippen LogP contribution in [0.3, 0.4) is 0 Å². The fourth-order valence-corrected chi connectivity index (χ4v) is 2.85. The molecule has 0 bridgehead atoms. The van der Waals surface area contributed by atoms with Gasteiger partial charge in [-0.2, -0.15) is 5.10 Å². The minimum Gasteiger partial charge on any atom is -0.481 e. The molecule has 3 rings (SSSR count). The zero-order valence-electron chi connectivity index (χ0n) is 14.8. The molecule has 5 heteroatoms. The van der Waals surface area contributed by atoms with Crippen LogP contribution in [-0.4, -0.2) is 20.9 Å². The number of aliphatic carboxylic acids is 1. The SMILES string of the molecule is CC(Cc1cccc(CNCc2ccc(-n3cccn3)cc2)c1)C(=O)O. The summed E-state index contributed by atoms with van der Waals surface area (Å²) in [6, 6.07) is 18.3. The topological polar surface area (TPSA) is 67.2 Å². The van der Waals surface area contributed by atoms with Crippen LogP contribution in [0.2, 0.25) is 0 Å². The van der Waals surface area contributed by atoms with E-state index in [0.717, 1.165) is 29.9 Å². The van der Waals surface area contributed by atoms with Crippen molar-refractivity contribution >= 4 is 5.97 Å². The Morgan fingerprint density at radius 1 is 1.08 bits per heavy atom. The van der Waals surface area contributed by atoms with Gasteiger partial charge in [-0.15, -0.1) is 0 Å². The summed E-state index contributed by atoms with van der Waals surface area (Å²) < 4.78 is 1.83. The number of nitrogens with one attached hydrogen (secondary N) is 1. The largest absolute Gasteiger partial charge is 0.481 e. The summed E-state index contributed by atoms with van der Waals surface area (Å²) in [5.74, 6) is -1.13. The molecular formula is C21H23N3O2. The highest BCUT2D eigenvalue weighted by Gasteiger charge is 2.11. The molecule has 3 aromatic rings. The first-order chi connectivity index (χ1) is 12.6. The molecule has 0 fully saturated rings. The Morgan fingerprint density at radius 2 is 1.81 bits per heavy atom. The number of aromatic nitrogens is 2. The van der Waals surface area contributed by atoms with Crippen molar-refractivity contribution in [3.8, 4) is 5.69 Å². The molecule has 2 N–H and O–H groups in total. The fraction of sp³-hybridized carbons (Fsp3) is 0.238. The Labute approximate surface area is 153 Å². The van der Waals surface area contributed by atoms with Crippen molar-refractivity contribution in [1.29, 1.82) is 0 Å².